The summed E-state index contributed by atoms with van der Waals surface area (Å²) in [6, 6.07) is 19.3. The summed E-state index contributed by atoms with van der Waals surface area (Å²) in [5, 5.41) is 15.9. The molecule has 0 aliphatic carbocycles. The van der Waals surface area contributed by atoms with E-state index in [4.69, 9.17) is 0 Å². The number of halogens is 2. The van der Waals surface area contributed by atoms with Gasteiger partial charge in [-0.15, -0.1) is 10.2 Å². The number of alkyl halides is 2. The van der Waals surface area contributed by atoms with Crippen molar-refractivity contribution in [1.82, 2.24) is 25.2 Å². The molecule has 0 aliphatic rings. The summed E-state index contributed by atoms with van der Waals surface area (Å²) in [5.74, 6) is -2.79. The highest BCUT2D eigenvalue weighted by Gasteiger charge is 2.23. The maximum Gasteiger partial charge on any atom is 0.408 e. The first-order valence-electron chi connectivity index (χ1n) is 8.96. The van der Waals surface area contributed by atoms with E-state index in [2.05, 4.69) is 30.4 Å². The molecule has 0 amide bonds. The Morgan fingerprint density at radius 2 is 1.77 bits per heavy atom. The molecule has 1 unspecified atom stereocenters. The van der Waals surface area contributed by atoms with Gasteiger partial charge in [-0.1, -0.05) is 18.2 Å². The third-order valence-electron chi connectivity index (χ3n) is 4.04. The van der Waals surface area contributed by atoms with Crippen LogP contribution in [0.3, 0.4) is 0 Å². The lowest BCUT2D eigenvalue weighted by molar-refractivity contribution is -0.0892. The predicted octanol–water partition coefficient (Wildman–Crippen LogP) is 4.33. The molecule has 4 rings (SSSR count). The summed E-state index contributed by atoms with van der Waals surface area (Å²) in [5.41, 5.74) is 3.02. The van der Waals surface area contributed by atoms with Crippen LogP contribution in [-0.2, 0) is 6.54 Å². The molecule has 0 fully saturated rings. The summed E-state index contributed by atoms with van der Waals surface area (Å²) in [7, 11) is 1.34. The molecule has 0 aliphatic heterocycles. The predicted molar refractivity (Wildman–Crippen MR) is 112 cm³/mol. The van der Waals surface area contributed by atoms with E-state index in [1.54, 1.807) is 18.3 Å². The lowest BCUT2D eigenvalue weighted by atomic mass is 10.1. The third-order valence-corrected chi connectivity index (χ3v) is 4.16. The normalized spacial score (nSPS) is 11.3. The number of pyridine rings is 1. The van der Waals surface area contributed by atoms with Crippen LogP contribution >= 0.6 is 9.24 Å². The number of aromatic nitrogens is 5. The molecule has 1 N–H and O–H groups in total. The summed E-state index contributed by atoms with van der Waals surface area (Å²) in [4.78, 5) is 5.73. The standard InChI is InChI=1S/C20H17F2N6OP/c21-20(22,30)29-16-10-8-14(9-11-16)24-18-7-2-1-6-17(18)19-25-27-28(26-19)13-15-5-3-4-12-23-15/h1-12,24H,13,30H2. The van der Waals surface area contributed by atoms with Gasteiger partial charge in [0.1, 0.15) is 12.3 Å². The number of benzene rings is 2. The summed E-state index contributed by atoms with van der Waals surface area (Å²) >= 11 is 0. The van der Waals surface area contributed by atoms with E-state index < -0.39 is 5.85 Å². The SMILES string of the molecule is FC(F)(P)Oc1ccc(Nc2ccccc2-c2nnn(Cc3ccccn3)n2)cc1. The number of rotatable bonds is 7. The Morgan fingerprint density at radius 1 is 1.00 bits per heavy atom. The number of tetrazole rings is 1. The van der Waals surface area contributed by atoms with Crippen molar-refractivity contribution < 1.29 is 13.5 Å². The van der Waals surface area contributed by atoms with Gasteiger partial charge >= 0.3 is 5.85 Å². The van der Waals surface area contributed by atoms with Crippen LogP contribution in [0.25, 0.3) is 11.4 Å². The van der Waals surface area contributed by atoms with Crippen molar-refractivity contribution in [1.29, 1.82) is 0 Å². The second-order valence-electron chi connectivity index (χ2n) is 6.32. The topological polar surface area (TPSA) is 77.8 Å². The molecule has 0 bridgehead atoms. The Kier molecular flexibility index (Phi) is 5.63. The van der Waals surface area contributed by atoms with Gasteiger partial charge in [-0.25, -0.2) is 0 Å². The molecule has 152 valence electrons. The summed E-state index contributed by atoms with van der Waals surface area (Å²) in [6.45, 7) is 0.408. The fourth-order valence-electron chi connectivity index (χ4n) is 2.76. The van der Waals surface area contributed by atoms with Crippen LogP contribution in [0.4, 0.5) is 20.2 Å². The molecule has 1 atom stereocenters. The highest BCUT2D eigenvalue weighted by Crippen LogP contribution is 2.30. The van der Waals surface area contributed by atoms with E-state index in [1.807, 2.05) is 42.5 Å². The molecule has 10 heteroatoms. The number of anilines is 2. The van der Waals surface area contributed by atoms with Crippen molar-refractivity contribution in [2.24, 2.45) is 0 Å². The second-order valence-corrected chi connectivity index (χ2v) is 7.00. The van der Waals surface area contributed by atoms with Gasteiger partial charge < -0.3 is 10.1 Å². The highest BCUT2D eigenvalue weighted by molar-refractivity contribution is 7.17. The molecular weight excluding hydrogens is 409 g/mol. The monoisotopic (exact) mass is 426 g/mol. The quantitative estimate of drug-likeness (QED) is 0.443. The summed E-state index contributed by atoms with van der Waals surface area (Å²) in [6.07, 6.45) is 1.71. The zero-order valence-electron chi connectivity index (χ0n) is 15.6. The van der Waals surface area contributed by atoms with Gasteiger partial charge in [0.15, 0.2) is 0 Å². The van der Waals surface area contributed by atoms with E-state index in [1.165, 1.54) is 26.2 Å². The minimum Gasteiger partial charge on any atom is -0.430 e. The minimum atomic E-state index is -3.31. The van der Waals surface area contributed by atoms with Crippen molar-refractivity contribution in [2.75, 3.05) is 5.32 Å². The van der Waals surface area contributed by atoms with Crippen LogP contribution in [0, 0.1) is 0 Å². The van der Waals surface area contributed by atoms with Crippen molar-refractivity contribution in [3.05, 3.63) is 78.6 Å². The van der Waals surface area contributed by atoms with Gasteiger partial charge in [-0.05, 0) is 63.0 Å². The Balaban J connectivity index is 1.52. The third kappa shape index (κ3) is 5.12. The minimum absolute atomic E-state index is 0.0629. The smallest absolute Gasteiger partial charge is 0.408 e. The lowest BCUT2D eigenvalue weighted by Crippen LogP contribution is -2.14. The first-order chi connectivity index (χ1) is 14.5. The molecule has 2 heterocycles. The lowest BCUT2D eigenvalue weighted by Gasteiger charge is -2.14. The first-order valence-corrected chi connectivity index (χ1v) is 9.54. The van der Waals surface area contributed by atoms with Crippen LogP contribution < -0.4 is 10.1 Å². The van der Waals surface area contributed by atoms with Crippen molar-refractivity contribution in [3.63, 3.8) is 0 Å². The molecule has 2 aromatic heterocycles. The Labute approximate surface area is 173 Å². The van der Waals surface area contributed by atoms with E-state index in [0.717, 1.165) is 16.9 Å². The molecule has 30 heavy (non-hydrogen) atoms. The van der Waals surface area contributed by atoms with Gasteiger partial charge in [0, 0.05) is 23.1 Å². The van der Waals surface area contributed by atoms with Crippen molar-refractivity contribution in [3.8, 4) is 17.1 Å². The second kappa shape index (κ2) is 8.51. The Bertz CT molecular complexity index is 1120. The number of hydrogen-bond donors (Lipinski definition) is 1. The van der Waals surface area contributed by atoms with Gasteiger partial charge in [0.05, 0.1) is 5.69 Å². The molecule has 0 saturated heterocycles. The molecule has 7 nitrogen and oxygen atoms in total. The maximum absolute atomic E-state index is 12.9. The largest absolute Gasteiger partial charge is 0.430 e. The van der Waals surface area contributed by atoms with Crippen molar-refractivity contribution >= 4 is 20.6 Å². The number of hydrogen-bond acceptors (Lipinski definition) is 6. The molecule has 0 spiro atoms. The highest BCUT2D eigenvalue weighted by atomic mass is 31.0. The number of ether oxygens (including phenoxy) is 1. The zero-order valence-corrected chi connectivity index (χ0v) is 16.8. The van der Waals surface area contributed by atoms with Gasteiger partial charge in [-0.3, -0.25) is 4.98 Å². The molecule has 2 aromatic carbocycles. The van der Waals surface area contributed by atoms with Crippen molar-refractivity contribution in [2.45, 2.75) is 12.4 Å². The van der Waals surface area contributed by atoms with E-state index in [9.17, 15) is 8.78 Å². The molecule has 0 radical (unpaired) electrons. The first kappa shape index (κ1) is 19.8. The fourth-order valence-corrected chi connectivity index (χ4v) is 2.90. The molecular formula is C20H17F2N6OP. The zero-order chi connectivity index (χ0) is 21.0. The average molecular weight is 426 g/mol. The molecule has 4 aromatic rings. The Hall–Kier alpha value is -3.45. The van der Waals surface area contributed by atoms with E-state index in [0.29, 0.717) is 18.1 Å². The average Bonchev–Trinajstić information content (AvgIpc) is 3.18. The van der Waals surface area contributed by atoms with Gasteiger partial charge in [0.2, 0.25) is 5.82 Å². The number of para-hydroxylation sites is 1. The Morgan fingerprint density at radius 3 is 2.50 bits per heavy atom. The van der Waals surface area contributed by atoms with Crippen LogP contribution in [0.15, 0.2) is 72.9 Å². The van der Waals surface area contributed by atoms with Gasteiger partial charge in [0.25, 0.3) is 0 Å². The van der Waals surface area contributed by atoms with Crippen LogP contribution in [0.2, 0.25) is 0 Å². The summed E-state index contributed by atoms with van der Waals surface area (Å²) < 4.78 is 30.4. The number of nitrogens with zero attached hydrogens (tertiary/aromatic N) is 5. The van der Waals surface area contributed by atoms with E-state index in [-0.39, 0.29) is 5.75 Å². The number of nitrogens with one attached hydrogen (secondary N) is 1. The van der Waals surface area contributed by atoms with E-state index >= 15 is 0 Å². The van der Waals surface area contributed by atoms with Crippen LogP contribution in [0.1, 0.15) is 5.69 Å². The van der Waals surface area contributed by atoms with Gasteiger partial charge in [-0.2, -0.15) is 13.6 Å². The van der Waals surface area contributed by atoms with Crippen LogP contribution in [-0.4, -0.2) is 31.0 Å². The molecule has 0 saturated carbocycles. The van der Waals surface area contributed by atoms with Crippen LogP contribution in [0.5, 0.6) is 5.75 Å². The fraction of sp³-hybridized carbons (Fsp3) is 0.100. The maximum atomic E-state index is 12.9.